The smallest absolute Gasteiger partial charge is 0.305 e. The average Bonchev–Trinajstić information content (AvgIpc) is 3.13. The van der Waals surface area contributed by atoms with Crippen molar-refractivity contribution in [2.75, 3.05) is 7.11 Å². The van der Waals surface area contributed by atoms with Gasteiger partial charge in [0, 0.05) is 22.5 Å². The fourth-order valence-electron chi connectivity index (χ4n) is 3.54. The number of methoxy groups -OCH3 is 1. The zero-order valence-electron chi connectivity index (χ0n) is 17.6. The van der Waals surface area contributed by atoms with Crippen LogP contribution in [0, 0.1) is 0 Å². The summed E-state index contributed by atoms with van der Waals surface area (Å²) in [6.07, 6.45) is 0.0589. The number of nitrogens with zero attached hydrogens (tertiary/aromatic N) is 4. The summed E-state index contributed by atoms with van der Waals surface area (Å²) in [6.45, 7) is 0.705. The minimum Gasteiger partial charge on any atom is -0.489 e. The zero-order chi connectivity index (χ0) is 23.1. The molecule has 0 fully saturated rings. The maximum atomic E-state index is 12.9. The van der Waals surface area contributed by atoms with Crippen LogP contribution >= 0.6 is 0 Å². The van der Waals surface area contributed by atoms with Crippen LogP contribution in [0.15, 0.2) is 47.6 Å². The molecule has 0 bridgehead atoms. The van der Waals surface area contributed by atoms with Gasteiger partial charge in [0.05, 0.1) is 20.2 Å². The number of nitrogens with two attached hydrogens (primary N) is 1. The predicted molar refractivity (Wildman–Crippen MR) is 114 cm³/mol. The van der Waals surface area contributed by atoms with Crippen LogP contribution < -0.4 is 10.5 Å². The lowest BCUT2D eigenvalue weighted by molar-refractivity contribution is -0.141. The summed E-state index contributed by atoms with van der Waals surface area (Å²) in [7, 11) is 1.26. The van der Waals surface area contributed by atoms with E-state index in [0.29, 0.717) is 16.9 Å². The first-order valence-corrected chi connectivity index (χ1v) is 9.95. The number of rotatable bonds is 10. The van der Waals surface area contributed by atoms with E-state index in [2.05, 4.69) is 14.8 Å². The monoisotopic (exact) mass is 437 g/mol. The number of benzene rings is 2. The molecular weight excluding hydrogens is 414 g/mol. The first kappa shape index (κ1) is 22.6. The number of hydrogen-bond donors (Lipinski definition) is 1. The molecule has 166 valence electrons. The molecule has 2 N–H and O–H groups in total. The van der Waals surface area contributed by atoms with Gasteiger partial charge in [-0.2, -0.15) is 0 Å². The van der Waals surface area contributed by atoms with E-state index in [9.17, 15) is 14.4 Å². The Morgan fingerprint density at radius 1 is 1.22 bits per heavy atom. The Hall–Kier alpha value is -4.04. The lowest BCUT2D eigenvalue weighted by Gasteiger charge is -2.24. The molecule has 2 aromatic carbocycles. The maximum Gasteiger partial charge on any atom is 0.305 e. The van der Waals surface area contributed by atoms with E-state index in [-0.39, 0.29) is 38.4 Å². The van der Waals surface area contributed by atoms with Crippen LogP contribution in [-0.2, 0) is 34.0 Å². The number of fused-ring (bicyclic) bond motifs is 1. The molecule has 0 saturated carbocycles. The van der Waals surface area contributed by atoms with Gasteiger partial charge in [-0.1, -0.05) is 35.4 Å². The van der Waals surface area contributed by atoms with Gasteiger partial charge in [-0.25, -0.2) is 0 Å². The van der Waals surface area contributed by atoms with E-state index < -0.39 is 17.9 Å². The molecule has 10 nitrogen and oxygen atoms in total. The third-order valence-electron chi connectivity index (χ3n) is 5.24. The summed E-state index contributed by atoms with van der Waals surface area (Å²) in [6, 6.07) is 11.7. The quantitative estimate of drug-likeness (QED) is 0.263. The van der Waals surface area contributed by atoms with Crippen molar-refractivity contribution in [3.8, 4) is 5.75 Å². The van der Waals surface area contributed by atoms with E-state index in [1.807, 2.05) is 24.3 Å². The van der Waals surface area contributed by atoms with Gasteiger partial charge in [-0.05, 0) is 35.2 Å². The molecule has 10 heteroatoms. The topological polar surface area (TPSA) is 148 Å². The van der Waals surface area contributed by atoms with E-state index in [1.165, 1.54) is 12.0 Å². The third-order valence-corrected chi connectivity index (χ3v) is 5.24. The van der Waals surface area contributed by atoms with Crippen LogP contribution in [0.5, 0.6) is 5.75 Å². The SMILES string of the molecule is COC(=O)CCC(C(N)=O)N1Cc2c(OCc3ccc(CN=[N+]=[N-])cc3)cccc2C1=O. The highest BCUT2D eigenvalue weighted by Gasteiger charge is 2.37. The van der Waals surface area contributed by atoms with Crippen LogP contribution in [0.4, 0.5) is 0 Å². The molecule has 0 spiro atoms. The van der Waals surface area contributed by atoms with E-state index in [1.54, 1.807) is 18.2 Å². The van der Waals surface area contributed by atoms with Crippen LogP contribution in [-0.4, -0.2) is 35.8 Å². The Labute approximate surface area is 184 Å². The molecule has 32 heavy (non-hydrogen) atoms. The highest BCUT2D eigenvalue weighted by Crippen LogP contribution is 2.33. The van der Waals surface area contributed by atoms with Gasteiger partial charge in [-0.3, -0.25) is 14.4 Å². The number of carbonyl (C=O) groups excluding carboxylic acids is 3. The summed E-state index contributed by atoms with van der Waals surface area (Å²) in [5, 5.41) is 3.53. The average molecular weight is 437 g/mol. The number of esters is 1. The van der Waals surface area contributed by atoms with Crippen LogP contribution in [0.25, 0.3) is 10.4 Å². The maximum absolute atomic E-state index is 12.9. The molecule has 1 aliphatic heterocycles. The first-order valence-electron chi connectivity index (χ1n) is 9.95. The highest BCUT2D eigenvalue weighted by atomic mass is 16.5. The van der Waals surface area contributed by atoms with E-state index in [4.69, 9.17) is 16.0 Å². The largest absolute Gasteiger partial charge is 0.489 e. The van der Waals surface area contributed by atoms with Crippen LogP contribution in [0.2, 0.25) is 0 Å². The summed E-state index contributed by atoms with van der Waals surface area (Å²) in [5.41, 5.74) is 16.8. The number of carbonyl (C=O) groups is 3. The fourth-order valence-corrected chi connectivity index (χ4v) is 3.54. The Morgan fingerprint density at radius 3 is 2.59 bits per heavy atom. The standard InChI is InChI=1S/C22H23N5O5/c1-31-20(28)10-9-18(21(23)29)27-12-17-16(22(27)30)3-2-4-19(17)32-13-15-7-5-14(6-8-15)11-25-26-24/h2-8,18H,9-13H2,1H3,(H2,23,29). The Kier molecular flexibility index (Phi) is 7.30. The molecule has 1 atom stereocenters. The molecule has 0 radical (unpaired) electrons. The van der Waals surface area contributed by atoms with Gasteiger partial charge < -0.3 is 20.1 Å². The molecule has 3 rings (SSSR count). The molecular formula is C22H23N5O5. The summed E-state index contributed by atoms with van der Waals surface area (Å²) in [5.74, 6) is -0.956. The molecule has 0 saturated heterocycles. The molecule has 1 aliphatic rings. The number of hydrogen-bond acceptors (Lipinski definition) is 6. The van der Waals surface area contributed by atoms with Gasteiger partial charge in [0.15, 0.2) is 0 Å². The van der Waals surface area contributed by atoms with Crippen molar-refractivity contribution in [2.45, 2.75) is 38.6 Å². The Bertz CT molecular complexity index is 1060. The predicted octanol–water partition coefficient (Wildman–Crippen LogP) is 2.84. The Balaban J connectivity index is 1.72. The van der Waals surface area contributed by atoms with Crippen LogP contribution in [0.1, 0.15) is 39.9 Å². The molecule has 1 heterocycles. The molecule has 0 aromatic heterocycles. The van der Waals surface area contributed by atoms with Crippen LogP contribution in [0.3, 0.4) is 0 Å². The van der Waals surface area contributed by atoms with Gasteiger partial charge >= 0.3 is 5.97 Å². The van der Waals surface area contributed by atoms with Crippen molar-refractivity contribution >= 4 is 17.8 Å². The number of azide groups is 1. The van der Waals surface area contributed by atoms with Gasteiger partial charge in [0.2, 0.25) is 5.91 Å². The fraction of sp³-hybridized carbons (Fsp3) is 0.318. The molecule has 2 aromatic rings. The lowest BCUT2D eigenvalue weighted by Crippen LogP contribution is -2.45. The third kappa shape index (κ3) is 5.16. The van der Waals surface area contributed by atoms with Gasteiger partial charge in [-0.15, -0.1) is 0 Å². The van der Waals surface area contributed by atoms with E-state index >= 15 is 0 Å². The highest BCUT2D eigenvalue weighted by molar-refractivity contribution is 6.01. The van der Waals surface area contributed by atoms with Crippen molar-refractivity contribution in [3.05, 3.63) is 75.2 Å². The molecule has 2 amide bonds. The lowest BCUT2D eigenvalue weighted by atomic mass is 10.1. The van der Waals surface area contributed by atoms with Crippen molar-refractivity contribution in [1.82, 2.24) is 4.90 Å². The van der Waals surface area contributed by atoms with Gasteiger partial charge in [0.1, 0.15) is 18.4 Å². The molecule has 1 unspecified atom stereocenters. The van der Waals surface area contributed by atoms with Crippen molar-refractivity contribution in [2.24, 2.45) is 10.8 Å². The van der Waals surface area contributed by atoms with E-state index in [0.717, 1.165) is 11.1 Å². The normalized spacial score (nSPS) is 13.2. The van der Waals surface area contributed by atoms with Gasteiger partial charge in [0.25, 0.3) is 5.91 Å². The number of amides is 2. The second-order valence-corrected chi connectivity index (χ2v) is 7.24. The summed E-state index contributed by atoms with van der Waals surface area (Å²) < 4.78 is 10.6. The van der Waals surface area contributed by atoms with Crippen molar-refractivity contribution in [1.29, 1.82) is 0 Å². The summed E-state index contributed by atoms with van der Waals surface area (Å²) in [4.78, 5) is 40.5. The van der Waals surface area contributed by atoms with Crippen molar-refractivity contribution < 1.29 is 23.9 Å². The Morgan fingerprint density at radius 2 is 1.94 bits per heavy atom. The minimum atomic E-state index is -0.925. The number of primary amides is 1. The minimum absolute atomic E-state index is 0.0245. The second kappa shape index (κ2) is 10.3. The first-order chi connectivity index (χ1) is 15.4. The van der Waals surface area contributed by atoms with Crippen molar-refractivity contribution in [3.63, 3.8) is 0 Å². The second-order valence-electron chi connectivity index (χ2n) is 7.24. The zero-order valence-corrected chi connectivity index (χ0v) is 17.6. The molecule has 0 aliphatic carbocycles. The summed E-state index contributed by atoms with van der Waals surface area (Å²) >= 11 is 0. The number of ether oxygens (including phenoxy) is 2.